The van der Waals surface area contributed by atoms with Crippen molar-refractivity contribution in [1.29, 1.82) is 0 Å². The number of allylic oxidation sites excluding steroid dienone is 4. The Labute approximate surface area is 149 Å². The summed E-state index contributed by atoms with van der Waals surface area (Å²) in [6.07, 6.45) is 6.68. The fourth-order valence-electron chi connectivity index (χ4n) is 3.68. The Kier molecular flexibility index (Phi) is 4.99. The molecular weight excluding hydrogens is 336 g/mol. The van der Waals surface area contributed by atoms with Gasteiger partial charge in [-0.2, -0.15) is 0 Å². The Bertz CT molecular complexity index is 812. The largest absolute Gasteiger partial charge is 0.337 e. The summed E-state index contributed by atoms with van der Waals surface area (Å²) in [5.74, 6) is 1.55. The van der Waals surface area contributed by atoms with Crippen molar-refractivity contribution in [3.63, 3.8) is 0 Å². The normalized spacial score (nSPS) is 25.6. The van der Waals surface area contributed by atoms with Crippen LogP contribution in [0.4, 0.5) is 4.79 Å². The number of fused-ring (bicyclic) bond motifs is 2. The number of amides is 2. The van der Waals surface area contributed by atoms with E-state index in [2.05, 4.69) is 22.2 Å². The van der Waals surface area contributed by atoms with Gasteiger partial charge in [-0.3, -0.25) is 0 Å². The maximum absolute atomic E-state index is 12.4. The molecule has 2 amide bonds. The second kappa shape index (κ2) is 7.04. The third-order valence-corrected chi connectivity index (χ3v) is 6.87. The van der Waals surface area contributed by atoms with Crippen molar-refractivity contribution in [2.24, 2.45) is 17.8 Å². The van der Waals surface area contributed by atoms with Crippen LogP contribution >= 0.6 is 0 Å². The molecule has 0 spiro atoms. The molecule has 3 atom stereocenters. The molecule has 25 heavy (non-hydrogen) atoms. The second-order valence-electron chi connectivity index (χ2n) is 6.90. The van der Waals surface area contributed by atoms with Gasteiger partial charge in [0.05, 0.1) is 4.91 Å². The van der Waals surface area contributed by atoms with Crippen molar-refractivity contribution >= 4 is 21.6 Å². The van der Waals surface area contributed by atoms with Crippen LogP contribution in [0, 0.1) is 17.8 Å². The highest BCUT2D eigenvalue weighted by atomic mass is 32.2. The number of carbonyl (C=O) groups is 1. The second-order valence-corrected chi connectivity index (χ2v) is 8.73. The fraction of sp³-hybridized carbons (Fsp3) is 0.421. The van der Waals surface area contributed by atoms with Crippen LogP contribution in [0.5, 0.6) is 0 Å². The van der Waals surface area contributed by atoms with Crippen LogP contribution in [0.1, 0.15) is 32.3 Å². The molecule has 0 heterocycles. The highest BCUT2D eigenvalue weighted by Gasteiger charge is 2.35. The first-order valence-electron chi connectivity index (χ1n) is 8.58. The number of hydrogen-bond acceptors (Lipinski definition) is 3. The summed E-state index contributed by atoms with van der Waals surface area (Å²) in [7, 11) is -3.86. The molecule has 5 nitrogen and oxygen atoms in total. The number of sulfonamides is 1. The van der Waals surface area contributed by atoms with Crippen LogP contribution in [0.25, 0.3) is 5.57 Å². The molecule has 2 bridgehead atoms. The zero-order valence-corrected chi connectivity index (χ0v) is 15.3. The molecule has 0 radical (unpaired) electrons. The predicted octanol–water partition coefficient (Wildman–Crippen LogP) is 3.28. The van der Waals surface area contributed by atoms with Gasteiger partial charge in [-0.1, -0.05) is 42.5 Å². The van der Waals surface area contributed by atoms with Crippen LogP contribution in [-0.2, 0) is 10.0 Å². The molecule has 1 aromatic carbocycles. The van der Waals surface area contributed by atoms with Gasteiger partial charge in [0.2, 0.25) is 0 Å². The van der Waals surface area contributed by atoms with Crippen molar-refractivity contribution in [3.05, 3.63) is 53.0 Å². The maximum atomic E-state index is 12.4. The van der Waals surface area contributed by atoms with E-state index in [1.54, 1.807) is 6.92 Å². The van der Waals surface area contributed by atoms with E-state index < -0.39 is 16.1 Å². The Morgan fingerprint density at radius 3 is 2.44 bits per heavy atom. The van der Waals surface area contributed by atoms with Gasteiger partial charge in [0.15, 0.2) is 0 Å². The van der Waals surface area contributed by atoms with Gasteiger partial charge < -0.3 is 5.32 Å². The van der Waals surface area contributed by atoms with E-state index in [-0.39, 0.29) is 4.91 Å². The molecule has 134 valence electrons. The summed E-state index contributed by atoms with van der Waals surface area (Å²) >= 11 is 0. The van der Waals surface area contributed by atoms with Gasteiger partial charge in [0, 0.05) is 6.54 Å². The summed E-state index contributed by atoms with van der Waals surface area (Å²) in [5.41, 5.74) is 1.44. The smallest absolute Gasteiger partial charge is 0.328 e. The molecule has 3 unspecified atom stereocenters. The van der Waals surface area contributed by atoms with Crippen LogP contribution in [0.2, 0.25) is 0 Å². The van der Waals surface area contributed by atoms with Gasteiger partial charge in [0.1, 0.15) is 0 Å². The van der Waals surface area contributed by atoms with E-state index in [1.807, 2.05) is 30.3 Å². The van der Waals surface area contributed by atoms with Crippen LogP contribution in [0.15, 0.2) is 47.4 Å². The molecule has 1 aromatic rings. The number of urea groups is 1. The monoisotopic (exact) mass is 360 g/mol. The third-order valence-electron chi connectivity index (χ3n) is 5.31. The lowest BCUT2D eigenvalue weighted by atomic mass is 9.94. The van der Waals surface area contributed by atoms with E-state index >= 15 is 0 Å². The van der Waals surface area contributed by atoms with Gasteiger partial charge in [-0.15, -0.1) is 0 Å². The minimum atomic E-state index is -3.86. The average Bonchev–Trinajstić information content (AvgIpc) is 3.22. The topological polar surface area (TPSA) is 75.3 Å². The van der Waals surface area contributed by atoms with Gasteiger partial charge >= 0.3 is 6.03 Å². The minimum absolute atomic E-state index is 0.150. The third kappa shape index (κ3) is 3.95. The Morgan fingerprint density at radius 2 is 1.84 bits per heavy atom. The Hall–Kier alpha value is -2.08. The molecule has 0 aromatic heterocycles. The lowest BCUT2D eigenvalue weighted by molar-refractivity contribution is 0.243. The van der Waals surface area contributed by atoms with E-state index in [9.17, 15) is 13.2 Å². The number of nitrogens with one attached hydrogen (secondary N) is 2. The molecule has 0 saturated heterocycles. The van der Waals surface area contributed by atoms with Gasteiger partial charge in [-0.25, -0.2) is 17.9 Å². The first-order chi connectivity index (χ1) is 11.9. The summed E-state index contributed by atoms with van der Waals surface area (Å²) in [6, 6.07) is 8.60. The van der Waals surface area contributed by atoms with Crippen molar-refractivity contribution in [3.8, 4) is 0 Å². The molecule has 3 rings (SSSR count). The number of benzene rings is 1. The number of hydrogen-bond donors (Lipinski definition) is 2. The lowest BCUT2D eigenvalue weighted by Crippen LogP contribution is -2.42. The van der Waals surface area contributed by atoms with Crippen LogP contribution < -0.4 is 10.0 Å². The molecule has 2 aliphatic rings. The van der Waals surface area contributed by atoms with E-state index in [0.29, 0.717) is 29.9 Å². The molecule has 2 N–H and O–H groups in total. The van der Waals surface area contributed by atoms with E-state index in [1.165, 1.54) is 6.92 Å². The van der Waals surface area contributed by atoms with Gasteiger partial charge in [-0.05, 0) is 55.6 Å². The summed E-state index contributed by atoms with van der Waals surface area (Å²) < 4.78 is 27.0. The zero-order chi connectivity index (χ0) is 18.0. The van der Waals surface area contributed by atoms with Crippen molar-refractivity contribution in [2.75, 3.05) is 6.54 Å². The van der Waals surface area contributed by atoms with E-state index in [4.69, 9.17) is 0 Å². The first-order valence-corrected chi connectivity index (χ1v) is 10.1. The molecular formula is C19H24N2O3S. The summed E-state index contributed by atoms with van der Waals surface area (Å²) in [4.78, 5) is 12.2. The highest BCUT2D eigenvalue weighted by Crippen LogP contribution is 2.42. The molecule has 1 saturated carbocycles. The number of carbonyl (C=O) groups excluding carboxylic acids is 1. The van der Waals surface area contributed by atoms with Crippen molar-refractivity contribution in [1.82, 2.24) is 10.0 Å². The highest BCUT2D eigenvalue weighted by molar-refractivity contribution is 7.94. The predicted molar refractivity (Wildman–Crippen MR) is 99.0 cm³/mol. The standard InChI is InChI=1S/C19H24N2O3S/c1-13(16-6-4-3-5-7-16)14(2)25(23,24)21-19(22)20-12-18-11-15-8-9-17(18)10-15/h3-9,15,17-18H,10-12H2,1-2H3,(H2,20,21,22)/b14-13+. The molecule has 1 fully saturated rings. The fourth-order valence-corrected chi connectivity index (χ4v) is 4.67. The molecule has 0 aliphatic heterocycles. The molecule has 2 aliphatic carbocycles. The SMILES string of the molecule is C/C(=C(/C)S(=O)(=O)NC(=O)NCC1CC2C=CC1C2)c1ccccc1. The molecule has 6 heteroatoms. The Morgan fingerprint density at radius 1 is 1.12 bits per heavy atom. The van der Waals surface area contributed by atoms with Crippen LogP contribution in [0.3, 0.4) is 0 Å². The van der Waals surface area contributed by atoms with Crippen molar-refractivity contribution < 1.29 is 13.2 Å². The average molecular weight is 360 g/mol. The first kappa shape index (κ1) is 17.7. The maximum Gasteiger partial charge on any atom is 0.328 e. The van der Waals surface area contributed by atoms with Crippen LogP contribution in [-0.4, -0.2) is 21.0 Å². The zero-order valence-electron chi connectivity index (χ0n) is 14.5. The summed E-state index contributed by atoms with van der Waals surface area (Å²) in [6.45, 7) is 3.76. The Balaban J connectivity index is 1.60. The quantitative estimate of drug-likeness (QED) is 0.791. The lowest BCUT2D eigenvalue weighted by Gasteiger charge is -2.19. The number of rotatable bonds is 5. The van der Waals surface area contributed by atoms with Crippen molar-refractivity contribution in [2.45, 2.75) is 26.7 Å². The minimum Gasteiger partial charge on any atom is -0.337 e. The summed E-state index contributed by atoms with van der Waals surface area (Å²) in [5, 5.41) is 2.71. The van der Waals surface area contributed by atoms with Gasteiger partial charge in [0.25, 0.3) is 10.0 Å². The van der Waals surface area contributed by atoms with E-state index in [0.717, 1.165) is 18.4 Å².